The molecule has 0 aliphatic rings. The molecular weight excluding hydrogens is 488 g/mol. The molecule has 0 aliphatic heterocycles. The highest BCUT2D eigenvalue weighted by Gasteiger charge is 2.11. The van der Waals surface area contributed by atoms with E-state index in [-0.39, 0.29) is 23.7 Å². The predicted molar refractivity (Wildman–Crippen MR) is 155 cm³/mol. The molecule has 0 aliphatic carbocycles. The first-order chi connectivity index (χ1) is 18.9. The zero-order chi connectivity index (χ0) is 27.8. The minimum atomic E-state index is -0.366. The first-order valence-electron chi connectivity index (χ1n) is 12.7. The van der Waals surface area contributed by atoms with Gasteiger partial charge in [0, 0.05) is 30.3 Å². The number of fused-ring (bicyclic) bond motifs is 1. The van der Waals surface area contributed by atoms with Crippen molar-refractivity contribution in [3.63, 3.8) is 0 Å². The molecule has 0 saturated carbocycles. The van der Waals surface area contributed by atoms with E-state index in [0.29, 0.717) is 30.7 Å². The third-order valence-electron chi connectivity index (χ3n) is 6.49. The van der Waals surface area contributed by atoms with E-state index < -0.39 is 0 Å². The van der Waals surface area contributed by atoms with Crippen LogP contribution in [0.3, 0.4) is 0 Å². The highest BCUT2D eigenvalue weighted by molar-refractivity contribution is 6.34. The molecule has 4 rings (SSSR count). The second-order valence-corrected chi connectivity index (χ2v) is 9.10. The highest BCUT2D eigenvalue weighted by atomic mass is 16.3. The maximum atomic E-state index is 12.6. The molecule has 0 unspecified atom stereocenters. The van der Waals surface area contributed by atoms with Gasteiger partial charge in [-0.15, -0.1) is 0 Å². The van der Waals surface area contributed by atoms with Gasteiger partial charge in [0.15, 0.2) is 5.78 Å². The highest BCUT2D eigenvalue weighted by Crippen LogP contribution is 2.23. The molecule has 0 atom stereocenters. The molecule has 196 valence electrons. The summed E-state index contributed by atoms with van der Waals surface area (Å²) in [5, 5.41) is 17.7. The number of aromatic nitrogens is 2. The SMILES string of the molecule is C=C/N=C(\C=C/C(=O)CCc1cccc(C(=O)C=N)c1)c1ccc(O)c(CCn2c(C)nc3ccccc32)c1. The summed E-state index contributed by atoms with van der Waals surface area (Å²) in [5.41, 5.74) is 5.36. The summed E-state index contributed by atoms with van der Waals surface area (Å²) in [6.07, 6.45) is 6.67. The normalized spacial score (nSPS) is 11.7. The van der Waals surface area contributed by atoms with E-state index in [4.69, 9.17) is 5.41 Å². The van der Waals surface area contributed by atoms with Gasteiger partial charge in [0.05, 0.1) is 23.0 Å². The Hall–Kier alpha value is -4.91. The van der Waals surface area contributed by atoms with Crippen molar-refractivity contribution < 1.29 is 14.7 Å². The second kappa shape index (κ2) is 12.6. The monoisotopic (exact) mass is 518 g/mol. The van der Waals surface area contributed by atoms with Crippen LogP contribution in [0.5, 0.6) is 5.75 Å². The Labute approximate surface area is 227 Å². The lowest BCUT2D eigenvalue weighted by Crippen LogP contribution is -2.05. The third kappa shape index (κ3) is 6.70. The van der Waals surface area contributed by atoms with E-state index in [9.17, 15) is 14.7 Å². The fourth-order valence-corrected chi connectivity index (χ4v) is 4.45. The Balaban J connectivity index is 1.45. The molecule has 0 saturated heterocycles. The summed E-state index contributed by atoms with van der Waals surface area (Å²) >= 11 is 0. The van der Waals surface area contributed by atoms with Crippen LogP contribution in [0.15, 0.2) is 96.7 Å². The van der Waals surface area contributed by atoms with Crippen molar-refractivity contribution >= 4 is 34.5 Å². The van der Waals surface area contributed by atoms with Crippen molar-refractivity contribution in [2.45, 2.75) is 32.7 Å². The van der Waals surface area contributed by atoms with Crippen molar-refractivity contribution in [1.29, 1.82) is 5.41 Å². The maximum absolute atomic E-state index is 12.6. The van der Waals surface area contributed by atoms with Crippen LogP contribution in [0.1, 0.15) is 39.3 Å². The number of rotatable bonds is 12. The first-order valence-corrected chi connectivity index (χ1v) is 12.7. The quantitative estimate of drug-likeness (QED) is 0.140. The van der Waals surface area contributed by atoms with Gasteiger partial charge in [-0.05, 0) is 79.4 Å². The lowest BCUT2D eigenvalue weighted by atomic mass is 10.0. The summed E-state index contributed by atoms with van der Waals surface area (Å²) in [5.74, 6) is 0.657. The lowest BCUT2D eigenvalue weighted by molar-refractivity contribution is -0.114. The van der Waals surface area contributed by atoms with E-state index in [1.807, 2.05) is 43.3 Å². The number of aryl methyl sites for hydroxylation is 4. The van der Waals surface area contributed by atoms with Gasteiger partial charge in [0.25, 0.3) is 0 Å². The van der Waals surface area contributed by atoms with Crippen molar-refractivity contribution in [3.8, 4) is 5.75 Å². The van der Waals surface area contributed by atoms with Crippen LogP contribution in [-0.2, 0) is 24.2 Å². The minimum Gasteiger partial charge on any atom is -0.508 e. The number of ketones is 2. The zero-order valence-electron chi connectivity index (χ0n) is 21.8. The average Bonchev–Trinajstić information content (AvgIpc) is 3.28. The van der Waals surface area contributed by atoms with Crippen molar-refractivity contribution in [2.24, 2.45) is 4.99 Å². The number of Topliss-reactive ketones (excluding diaryl/α,β-unsaturated/α-hetero) is 1. The van der Waals surface area contributed by atoms with Gasteiger partial charge in [0.1, 0.15) is 11.6 Å². The van der Waals surface area contributed by atoms with Gasteiger partial charge in [0.2, 0.25) is 5.78 Å². The maximum Gasteiger partial charge on any atom is 0.203 e. The Morgan fingerprint density at radius 3 is 2.64 bits per heavy atom. The Morgan fingerprint density at radius 1 is 1.03 bits per heavy atom. The van der Waals surface area contributed by atoms with Gasteiger partial charge in [-0.25, -0.2) is 4.98 Å². The van der Waals surface area contributed by atoms with Gasteiger partial charge in [-0.1, -0.05) is 36.9 Å². The summed E-state index contributed by atoms with van der Waals surface area (Å²) in [7, 11) is 0. The Kier molecular flexibility index (Phi) is 8.74. The lowest BCUT2D eigenvalue weighted by Gasteiger charge is -2.10. The van der Waals surface area contributed by atoms with Crippen molar-refractivity contribution in [3.05, 3.63) is 120 Å². The van der Waals surface area contributed by atoms with Gasteiger partial charge in [-0.2, -0.15) is 0 Å². The molecule has 0 amide bonds. The van der Waals surface area contributed by atoms with E-state index in [2.05, 4.69) is 21.1 Å². The molecule has 7 nitrogen and oxygen atoms in total. The number of allylic oxidation sites excluding steroid dienone is 2. The summed E-state index contributed by atoms with van der Waals surface area (Å²) in [6.45, 7) is 6.32. The van der Waals surface area contributed by atoms with E-state index in [1.165, 1.54) is 12.3 Å². The summed E-state index contributed by atoms with van der Waals surface area (Å²) < 4.78 is 2.13. The first kappa shape index (κ1) is 27.1. The molecule has 0 bridgehead atoms. The average molecular weight is 519 g/mol. The van der Waals surface area contributed by atoms with Crippen LogP contribution in [0.2, 0.25) is 0 Å². The van der Waals surface area contributed by atoms with E-state index in [0.717, 1.165) is 39.8 Å². The van der Waals surface area contributed by atoms with Crippen LogP contribution >= 0.6 is 0 Å². The molecule has 2 N–H and O–H groups in total. The Bertz CT molecular complexity index is 1610. The second-order valence-electron chi connectivity index (χ2n) is 9.10. The van der Waals surface area contributed by atoms with Crippen LogP contribution in [0.4, 0.5) is 0 Å². The molecule has 3 aromatic carbocycles. The van der Waals surface area contributed by atoms with Crippen LogP contribution < -0.4 is 0 Å². The largest absolute Gasteiger partial charge is 0.508 e. The number of imidazole rings is 1. The molecule has 1 heterocycles. The van der Waals surface area contributed by atoms with Crippen molar-refractivity contribution in [2.75, 3.05) is 0 Å². The molecule has 0 spiro atoms. The van der Waals surface area contributed by atoms with Gasteiger partial charge in [-0.3, -0.25) is 14.6 Å². The fraction of sp³-hybridized carbons (Fsp3) is 0.156. The molecule has 4 aromatic rings. The number of nitrogens with one attached hydrogen (secondary N) is 1. The number of carbonyl (C=O) groups excluding carboxylic acids is 2. The molecule has 7 heteroatoms. The summed E-state index contributed by atoms with van der Waals surface area (Å²) in [4.78, 5) is 33.3. The summed E-state index contributed by atoms with van der Waals surface area (Å²) in [6, 6.07) is 20.2. The number of phenolic OH excluding ortho intramolecular Hbond substituents is 1. The van der Waals surface area contributed by atoms with Crippen LogP contribution in [0, 0.1) is 12.3 Å². The molecule has 0 fully saturated rings. The number of aromatic hydroxyl groups is 1. The number of para-hydroxylation sites is 2. The smallest absolute Gasteiger partial charge is 0.203 e. The third-order valence-corrected chi connectivity index (χ3v) is 6.49. The molecule has 0 radical (unpaired) electrons. The van der Waals surface area contributed by atoms with Gasteiger partial charge >= 0.3 is 0 Å². The predicted octanol–water partition coefficient (Wildman–Crippen LogP) is 5.82. The molecule has 39 heavy (non-hydrogen) atoms. The molecular formula is C32H30N4O3. The standard InChI is InChI=1S/C32H30N4O3/c1-3-34-28(15-14-27(37)13-11-23-7-6-8-25(19-23)32(39)21-33)24-12-16-31(38)26(20-24)17-18-36-22(2)35-29-9-4-5-10-30(29)36/h3-10,12,14-16,19-21,33,38H,1,11,13,17-18H2,2H3/b15-14-,33-21?,34-28+. The topological polar surface area (TPSA) is 108 Å². The van der Waals surface area contributed by atoms with E-state index >= 15 is 0 Å². The number of nitrogens with zero attached hydrogens (tertiary/aromatic N) is 3. The number of carbonyl (C=O) groups is 2. The number of hydrogen-bond donors (Lipinski definition) is 2. The number of hydrogen-bond acceptors (Lipinski definition) is 6. The fourth-order valence-electron chi connectivity index (χ4n) is 4.45. The molecule has 1 aromatic heterocycles. The minimum absolute atomic E-state index is 0.0861. The van der Waals surface area contributed by atoms with Crippen LogP contribution in [0.25, 0.3) is 11.0 Å². The van der Waals surface area contributed by atoms with E-state index in [1.54, 1.807) is 36.4 Å². The number of aliphatic imine (C=N–C) groups is 1. The van der Waals surface area contributed by atoms with Crippen LogP contribution in [-0.4, -0.2) is 38.2 Å². The number of phenols is 1. The van der Waals surface area contributed by atoms with Gasteiger partial charge < -0.3 is 15.1 Å². The Morgan fingerprint density at radius 2 is 1.85 bits per heavy atom. The zero-order valence-corrected chi connectivity index (χ0v) is 21.8. The number of benzene rings is 3. The van der Waals surface area contributed by atoms with Crippen molar-refractivity contribution in [1.82, 2.24) is 9.55 Å².